The van der Waals surface area contributed by atoms with Crippen LogP contribution >= 0.6 is 0 Å². The van der Waals surface area contributed by atoms with Crippen molar-refractivity contribution in [3.63, 3.8) is 0 Å². The summed E-state index contributed by atoms with van der Waals surface area (Å²) < 4.78 is 16.7. The predicted octanol–water partition coefficient (Wildman–Crippen LogP) is 17.0. The first-order chi connectivity index (χ1) is 32.5. The molecule has 0 bridgehead atoms. The fourth-order valence-corrected chi connectivity index (χ4v) is 6.15. The average Bonchev–Trinajstić information content (AvgIpc) is 3.31. The van der Waals surface area contributed by atoms with Gasteiger partial charge in [0, 0.05) is 19.3 Å². The molecule has 6 nitrogen and oxygen atoms in total. The smallest absolute Gasteiger partial charge is 0.306 e. The van der Waals surface area contributed by atoms with Crippen LogP contribution in [0, 0.1) is 0 Å². The molecule has 0 rings (SSSR count). The van der Waals surface area contributed by atoms with Crippen LogP contribution in [0.2, 0.25) is 0 Å². The van der Waals surface area contributed by atoms with E-state index in [9.17, 15) is 14.4 Å². The van der Waals surface area contributed by atoms with Gasteiger partial charge in [-0.3, -0.25) is 14.4 Å². The molecular weight excluding hydrogens is 817 g/mol. The van der Waals surface area contributed by atoms with Crippen molar-refractivity contribution < 1.29 is 28.6 Å². The predicted molar refractivity (Wildman–Crippen MR) is 283 cm³/mol. The summed E-state index contributed by atoms with van der Waals surface area (Å²) in [4.78, 5) is 38.0. The third-order valence-corrected chi connectivity index (χ3v) is 9.92. The second-order valence-electron chi connectivity index (χ2n) is 16.1. The topological polar surface area (TPSA) is 78.9 Å². The molecule has 0 N–H and O–H groups in total. The van der Waals surface area contributed by atoms with Crippen LogP contribution in [-0.2, 0) is 28.6 Å². The van der Waals surface area contributed by atoms with Crippen LogP contribution in [0.3, 0.4) is 0 Å². The molecule has 0 aromatic heterocycles. The molecule has 66 heavy (non-hydrogen) atoms. The number of carbonyl (C=O) groups is 3. The van der Waals surface area contributed by atoms with Crippen molar-refractivity contribution in [1.82, 2.24) is 0 Å². The molecule has 0 aromatic rings. The lowest BCUT2D eigenvalue weighted by Crippen LogP contribution is -2.30. The van der Waals surface area contributed by atoms with Crippen LogP contribution in [0.5, 0.6) is 0 Å². The van der Waals surface area contributed by atoms with E-state index in [4.69, 9.17) is 14.2 Å². The second kappa shape index (κ2) is 52.7. The van der Waals surface area contributed by atoms with Crippen LogP contribution in [0.1, 0.15) is 181 Å². The molecule has 0 saturated carbocycles. The van der Waals surface area contributed by atoms with Gasteiger partial charge in [0.1, 0.15) is 13.2 Å². The monoisotopic (exact) mass is 907 g/mol. The van der Waals surface area contributed by atoms with Gasteiger partial charge in [0.05, 0.1) is 0 Å². The molecule has 0 aromatic carbocycles. The first kappa shape index (κ1) is 61.0. The molecule has 1 unspecified atom stereocenters. The van der Waals surface area contributed by atoms with E-state index in [0.717, 1.165) is 128 Å². The number of esters is 3. The Morgan fingerprint density at radius 3 is 1.14 bits per heavy atom. The van der Waals surface area contributed by atoms with Crippen molar-refractivity contribution in [1.29, 1.82) is 0 Å². The minimum atomic E-state index is -0.835. The maximum Gasteiger partial charge on any atom is 0.306 e. The summed E-state index contributed by atoms with van der Waals surface area (Å²) in [5, 5.41) is 0. The molecular formula is C60H90O6. The molecule has 0 heterocycles. The van der Waals surface area contributed by atoms with Gasteiger partial charge in [-0.15, -0.1) is 0 Å². The number of carbonyl (C=O) groups excluding carboxylic acids is 3. The van der Waals surface area contributed by atoms with E-state index < -0.39 is 6.10 Å². The van der Waals surface area contributed by atoms with Gasteiger partial charge in [0.2, 0.25) is 0 Å². The second-order valence-corrected chi connectivity index (χ2v) is 16.1. The van der Waals surface area contributed by atoms with Crippen molar-refractivity contribution in [2.24, 2.45) is 0 Å². The average molecular weight is 907 g/mol. The van der Waals surface area contributed by atoms with Crippen molar-refractivity contribution >= 4 is 17.9 Å². The summed E-state index contributed by atoms with van der Waals surface area (Å²) in [6, 6.07) is 0. The Hall–Kier alpha value is -4.97. The maximum absolute atomic E-state index is 12.8. The first-order valence-corrected chi connectivity index (χ1v) is 25.6. The molecule has 0 saturated heterocycles. The van der Waals surface area contributed by atoms with E-state index in [0.29, 0.717) is 19.3 Å². The van der Waals surface area contributed by atoms with E-state index in [-0.39, 0.29) is 37.5 Å². The van der Waals surface area contributed by atoms with Gasteiger partial charge in [0.25, 0.3) is 0 Å². The summed E-state index contributed by atoms with van der Waals surface area (Å²) in [5.41, 5.74) is 0. The number of unbranched alkanes of at least 4 members (excludes halogenated alkanes) is 12. The number of hydrogen-bond donors (Lipinski definition) is 0. The fraction of sp³-hybridized carbons (Fsp3) is 0.517. The van der Waals surface area contributed by atoms with Gasteiger partial charge >= 0.3 is 17.9 Å². The Bertz CT molecular complexity index is 1560. The highest BCUT2D eigenvalue weighted by Crippen LogP contribution is 2.12. The molecule has 0 radical (unpaired) electrons. The lowest BCUT2D eigenvalue weighted by Gasteiger charge is -2.18. The molecule has 0 aliphatic rings. The number of rotatable bonds is 43. The highest BCUT2D eigenvalue weighted by atomic mass is 16.6. The lowest BCUT2D eigenvalue weighted by atomic mass is 10.1. The standard InChI is InChI=1S/C60H90O6/c1-4-7-10-13-16-19-22-25-27-29-31-32-35-38-41-44-47-50-53-59(62)65-56-57(55-64-58(61)52-49-46-43-40-37-34-24-21-18-15-12-9-6-3)66-60(63)54-51-48-45-42-39-36-33-30-28-26-23-20-17-14-11-8-5-2/h8-13,15-22,24-29,31-33,36,42,45,57H,4-7,14,23,30,34-35,37-41,43-44,46-56H2,1-3H3/b11-8-,12-9-,13-10-,18-15-,19-16-,20-17-,24-21-,25-22-,28-26-,29-27-,32-31-,36-33-,45-42-. The van der Waals surface area contributed by atoms with Gasteiger partial charge in [-0.1, -0.05) is 224 Å². The third kappa shape index (κ3) is 50.0. The van der Waals surface area contributed by atoms with Gasteiger partial charge in [-0.05, 0) is 96.3 Å². The number of hydrogen-bond acceptors (Lipinski definition) is 6. The van der Waals surface area contributed by atoms with Crippen LogP contribution in [0.15, 0.2) is 158 Å². The fourth-order valence-electron chi connectivity index (χ4n) is 6.15. The SMILES string of the molecule is CC\C=C/C=C\C=C/CCCCCCCC(=O)OCC(COC(=O)CCCCCCC\C=C/C=C\C=C/C=C\C=C/CCC)OC(=O)CCC/C=C\C/C=C\C/C=C\C/C=C\C/C=C\CC. The Labute approximate surface area is 403 Å². The summed E-state index contributed by atoms with van der Waals surface area (Å²) in [6.07, 6.45) is 76.5. The number of ether oxygens (including phenoxy) is 3. The Morgan fingerprint density at radius 2 is 0.682 bits per heavy atom. The van der Waals surface area contributed by atoms with Gasteiger partial charge < -0.3 is 14.2 Å². The van der Waals surface area contributed by atoms with Crippen molar-refractivity contribution in [2.45, 2.75) is 187 Å². The van der Waals surface area contributed by atoms with Crippen LogP contribution < -0.4 is 0 Å². The Balaban J connectivity index is 4.61. The molecule has 0 amide bonds. The Kier molecular flexibility index (Phi) is 48.7. The summed E-state index contributed by atoms with van der Waals surface area (Å²) in [7, 11) is 0. The van der Waals surface area contributed by atoms with Crippen LogP contribution in [0.4, 0.5) is 0 Å². The van der Waals surface area contributed by atoms with E-state index in [1.165, 1.54) is 6.42 Å². The highest BCUT2D eigenvalue weighted by Gasteiger charge is 2.19. The van der Waals surface area contributed by atoms with Gasteiger partial charge in [-0.25, -0.2) is 0 Å². The minimum Gasteiger partial charge on any atom is -0.462 e. The van der Waals surface area contributed by atoms with E-state index in [1.807, 2.05) is 42.5 Å². The van der Waals surface area contributed by atoms with E-state index >= 15 is 0 Å². The highest BCUT2D eigenvalue weighted by molar-refractivity contribution is 5.71. The van der Waals surface area contributed by atoms with Crippen LogP contribution in [0.25, 0.3) is 0 Å². The largest absolute Gasteiger partial charge is 0.462 e. The van der Waals surface area contributed by atoms with Gasteiger partial charge in [0.15, 0.2) is 6.10 Å². The molecule has 0 aliphatic heterocycles. The van der Waals surface area contributed by atoms with Crippen molar-refractivity contribution in [3.8, 4) is 0 Å². The van der Waals surface area contributed by atoms with Crippen molar-refractivity contribution in [3.05, 3.63) is 158 Å². The summed E-state index contributed by atoms with van der Waals surface area (Å²) >= 11 is 0. The van der Waals surface area contributed by atoms with Crippen LogP contribution in [-0.4, -0.2) is 37.2 Å². The maximum atomic E-state index is 12.8. The zero-order valence-electron chi connectivity index (χ0n) is 41.6. The summed E-state index contributed by atoms with van der Waals surface area (Å²) in [5.74, 6) is -1.05. The first-order valence-electron chi connectivity index (χ1n) is 25.6. The Morgan fingerprint density at radius 1 is 0.333 bits per heavy atom. The molecule has 0 fully saturated rings. The zero-order chi connectivity index (χ0) is 47.9. The van der Waals surface area contributed by atoms with E-state index in [1.54, 1.807) is 0 Å². The molecule has 6 heteroatoms. The number of allylic oxidation sites excluding steroid dienone is 26. The van der Waals surface area contributed by atoms with Gasteiger partial charge in [-0.2, -0.15) is 0 Å². The molecule has 366 valence electrons. The summed E-state index contributed by atoms with van der Waals surface area (Å²) in [6.45, 7) is 6.18. The minimum absolute atomic E-state index is 0.128. The third-order valence-electron chi connectivity index (χ3n) is 9.92. The molecule has 0 spiro atoms. The molecule has 1 atom stereocenters. The molecule has 0 aliphatic carbocycles. The zero-order valence-corrected chi connectivity index (χ0v) is 41.6. The quantitative estimate of drug-likeness (QED) is 0.0199. The normalized spacial score (nSPS) is 13.4. The van der Waals surface area contributed by atoms with E-state index in [2.05, 4.69) is 136 Å². The lowest BCUT2D eigenvalue weighted by molar-refractivity contribution is -0.167. The van der Waals surface area contributed by atoms with Crippen molar-refractivity contribution in [2.75, 3.05) is 13.2 Å².